The van der Waals surface area contributed by atoms with Gasteiger partial charge in [0.1, 0.15) is 5.60 Å². The molecule has 0 N–H and O–H groups in total. The van der Waals surface area contributed by atoms with E-state index in [4.69, 9.17) is 4.74 Å². The van der Waals surface area contributed by atoms with E-state index in [1.807, 2.05) is 31.2 Å². The van der Waals surface area contributed by atoms with Crippen LogP contribution in [-0.2, 0) is 28.4 Å². The molecule has 3 atom stereocenters. The van der Waals surface area contributed by atoms with Gasteiger partial charge in [0.25, 0.3) is 0 Å². The van der Waals surface area contributed by atoms with Gasteiger partial charge in [-0.05, 0) is 43.0 Å². The third kappa shape index (κ3) is 2.25. The molecule has 21 heavy (non-hydrogen) atoms. The van der Waals surface area contributed by atoms with Gasteiger partial charge in [-0.15, -0.1) is 0 Å². The van der Waals surface area contributed by atoms with Crippen molar-refractivity contribution < 1.29 is 8.95 Å². The van der Waals surface area contributed by atoms with Gasteiger partial charge in [0, 0.05) is 11.3 Å². The summed E-state index contributed by atoms with van der Waals surface area (Å²) >= 11 is 0. The molecule has 1 heterocycles. The fraction of sp³-hybridized carbons (Fsp3) is 0.333. The summed E-state index contributed by atoms with van der Waals surface area (Å²) in [5.74, 6) is 0. The van der Waals surface area contributed by atoms with Crippen LogP contribution in [0.5, 0.6) is 0 Å². The summed E-state index contributed by atoms with van der Waals surface area (Å²) in [5, 5.41) is 0. The summed E-state index contributed by atoms with van der Waals surface area (Å²) in [4.78, 5) is 0.876. The lowest BCUT2D eigenvalue weighted by Gasteiger charge is -2.21. The Morgan fingerprint density at radius 2 is 1.81 bits per heavy atom. The Morgan fingerprint density at radius 3 is 2.57 bits per heavy atom. The van der Waals surface area contributed by atoms with Crippen molar-refractivity contribution in [3.63, 3.8) is 0 Å². The van der Waals surface area contributed by atoms with E-state index in [0.29, 0.717) is 0 Å². The molecule has 2 aromatic carbocycles. The van der Waals surface area contributed by atoms with Crippen LogP contribution in [0.15, 0.2) is 53.4 Å². The summed E-state index contributed by atoms with van der Waals surface area (Å²) in [6, 6.07) is 16.5. The first kappa shape index (κ1) is 13.2. The predicted octanol–water partition coefficient (Wildman–Crippen LogP) is 3.39. The zero-order valence-electron chi connectivity index (χ0n) is 12.0. The first-order chi connectivity index (χ1) is 10.2. The molecule has 0 unspecified atom stereocenters. The van der Waals surface area contributed by atoms with Crippen LogP contribution in [0.25, 0.3) is 0 Å². The number of epoxide rings is 1. The van der Waals surface area contributed by atoms with Gasteiger partial charge in [-0.25, -0.2) is 0 Å². The Hall–Kier alpha value is -1.45. The molecule has 1 saturated heterocycles. The van der Waals surface area contributed by atoms with Crippen LogP contribution < -0.4 is 0 Å². The van der Waals surface area contributed by atoms with Gasteiger partial charge in [-0.3, -0.25) is 4.21 Å². The minimum absolute atomic E-state index is 0.145. The third-order valence-electron chi connectivity index (χ3n) is 4.59. The molecule has 1 aliphatic heterocycles. The molecule has 0 amide bonds. The van der Waals surface area contributed by atoms with Crippen LogP contribution >= 0.6 is 0 Å². The Labute approximate surface area is 127 Å². The average molecular weight is 298 g/mol. The molecule has 1 aliphatic carbocycles. The number of benzene rings is 2. The van der Waals surface area contributed by atoms with E-state index in [9.17, 15) is 4.21 Å². The number of fused-ring (bicyclic) bond motifs is 1. The van der Waals surface area contributed by atoms with Crippen molar-refractivity contribution in [3.8, 4) is 0 Å². The minimum Gasteiger partial charge on any atom is -0.351 e. The molecular formula is C18H18O2S. The first-order valence-electron chi connectivity index (χ1n) is 7.40. The summed E-state index contributed by atoms with van der Waals surface area (Å²) in [5.41, 5.74) is 3.62. The quantitative estimate of drug-likeness (QED) is 0.795. The number of hydrogen-bond donors (Lipinski definition) is 0. The number of hydrogen-bond acceptors (Lipinski definition) is 2. The zero-order valence-corrected chi connectivity index (χ0v) is 12.9. The lowest BCUT2D eigenvalue weighted by atomic mass is 9.84. The van der Waals surface area contributed by atoms with Crippen LogP contribution in [0.3, 0.4) is 0 Å². The van der Waals surface area contributed by atoms with Gasteiger partial charge in [-0.1, -0.05) is 42.0 Å². The second kappa shape index (κ2) is 4.79. The second-order valence-electron chi connectivity index (χ2n) is 6.07. The highest BCUT2D eigenvalue weighted by atomic mass is 32.2. The minimum atomic E-state index is -1.07. The van der Waals surface area contributed by atoms with Crippen molar-refractivity contribution in [1.29, 1.82) is 0 Å². The SMILES string of the molecule is Cc1ccc([S@@](=O)[C@@H]2O[C@]23CCc2ccccc2C3)cc1. The number of aryl methyl sites for hydroxylation is 2. The van der Waals surface area contributed by atoms with Gasteiger partial charge in [0.15, 0.2) is 5.44 Å². The van der Waals surface area contributed by atoms with Crippen molar-refractivity contribution in [1.82, 2.24) is 0 Å². The molecule has 2 aromatic rings. The van der Waals surface area contributed by atoms with E-state index in [1.165, 1.54) is 16.7 Å². The molecule has 108 valence electrons. The molecule has 2 aliphatic rings. The normalized spacial score (nSPS) is 28.1. The van der Waals surface area contributed by atoms with Crippen molar-refractivity contribution in [2.45, 2.75) is 42.1 Å². The van der Waals surface area contributed by atoms with E-state index >= 15 is 0 Å². The standard InChI is InChI=1S/C18H18O2S/c1-13-6-8-16(9-7-13)21(19)17-18(20-17)11-10-14-4-2-3-5-15(14)12-18/h2-9,17H,10-12H2,1H3/t17-,18-,21+/m0/s1. The van der Waals surface area contributed by atoms with Crippen LogP contribution in [-0.4, -0.2) is 15.2 Å². The molecule has 2 nitrogen and oxygen atoms in total. The third-order valence-corrected chi connectivity index (χ3v) is 6.24. The van der Waals surface area contributed by atoms with Crippen LogP contribution in [0.4, 0.5) is 0 Å². The zero-order chi connectivity index (χ0) is 14.4. The maximum absolute atomic E-state index is 12.7. The summed E-state index contributed by atoms with van der Waals surface area (Å²) < 4.78 is 18.6. The van der Waals surface area contributed by atoms with E-state index in [1.54, 1.807) is 0 Å². The largest absolute Gasteiger partial charge is 0.351 e. The predicted molar refractivity (Wildman–Crippen MR) is 83.7 cm³/mol. The van der Waals surface area contributed by atoms with E-state index in [2.05, 4.69) is 24.3 Å². The Bertz CT molecular complexity index is 707. The Morgan fingerprint density at radius 1 is 1.10 bits per heavy atom. The summed E-state index contributed by atoms with van der Waals surface area (Å²) in [6.45, 7) is 2.04. The molecule has 4 rings (SSSR count). The highest BCUT2D eigenvalue weighted by molar-refractivity contribution is 7.85. The second-order valence-corrected chi connectivity index (χ2v) is 7.56. The van der Waals surface area contributed by atoms with Crippen LogP contribution in [0, 0.1) is 6.92 Å². The van der Waals surface area contributed by atoms with Gasteiger partial charge in [0.05, 0.1) is 10.8 Å². The lowest BCUT2D eigenvalue weighted by molar-refractivity contribution is 0.276. The monoisotopic (exact) mass is 298 g/mol. The van der Waals surface area contributed by atoms with Crippen molar-refractivity contribution in [2.75, 3.05) is 0 Å². The van der Waals surface area contributed by atoms with Crippen molar-refractivity contribution in [2.24, 2.45) is 0 Å². The average Bonchev–Trinajstić information content (AvgIpc) is 3.20. The Balaban J connectivity index is 1.56. The van der Waals surface area contributed by atoms with Crippen LogP contribution in [0.2, 0.25) is 0 Å². The Kier molecular flexibility index (Phi) is 3.02. The highest BCUT2D eigenvalue weighted by Crippen LogP contribution is 2.49. The molecule has 0 bridgehead atoms. The van der Waals surface area contributed by atoms with Gasteiger partial charge in [0.2, 0.25) is 0 Å². The van der Waals surface area contributed by atoms with Crippen LogP contribution in [0.1, 0.15) is 23.1 Å². The first-order valence-corrected chi connectivity index (χ1v) is 8.61. The molecular weight excluding hydrogens is 280 g/mol. The summed E-state index contributed by atoms with van der Waals surface area (Å²) in [7, 11) is -1.07. The molecule has 1 fully saturated rings. The molecule has 0 aromatic heterocycles. The molecule has 3 heteroatoms. The van der Waals surface area contributed by atoms with Gasteiger partial charge in [-0.2, -0.15) is 0 Å². The maximum atomic E-state index is 12.7. The van der Waals surface area contributed by atoms with Crippen molar-refractivity contribution >= 4 is 10.8 Å². The lowest BCUT2D eigenvalue weighted by Crippen LogP contribution is -2.26. The van der Waals surface area contributed by atoms with E-state index in [0.717, 1.165) is 24.2 Å². The number of rotatable bonds is 2. The molecule has 1 spiro atoms. The van der Waals surface area contributed by atoms with E-state index < -0.39 is 10.8 Å². The van der Waals surface area contributed by atoms with E-state index in [-0.39, 0.29) is 11.0 Å². The fourth-order valence-corrected chi connectivity index (χ4v) is 4.77. The summed E-state index contributed by atoms with van der Waals surface area (Å²) in [6.07, 6.45) is 2.90. The maximum Gasteiger partial charge on any atom is 0.167 e. The highest BCUT2D eigenvalue weighted by Gasteiger charge is 2.60. The fourth-order valence-electron chi connectivity index (χ4n) is 3.25. The molecule has 0 saturated carbocycles. The smallest absolute Gasteiger partial charge is 0.167 e. The van der Waals surface area contributed by atoms with Gasteiger partial charge >= 0.3 is 0 Å². The number of ether oxygens (including phenoxy) is 1. The molecule has 0 radical (unpaired) electrons. The topological polar surface area (TPSA) is 29.6 Å². The van der Waals surface area contributed by atoms with Crippen molar-refractivity contribution in [3.05, 3.63) is 65.2 Å². The van der Waals surface area contributed by atoms with Gasteiger partial charge < -0.3 is 4.74 Å².